The number of benzene rings is 1. The molecule has 17 heavy (non-hydrogen) atoms. The van der Waals surface area contributed by atoms with Crippen molar-refractivity contribution in [2.45, 2.75) is 19.9 Å². The number of aryl methyl sites for hydroxylation is 1. The second kappa shape index (κ2) is 5.15. The van der Waals surface area contributed by atoms with E-state index in [4.69, 9.17) is 0 Å². The average Bonchev–Trinajstić information content (AvgIpc) is 2.32. The molecule has 1 aromatic heterocycles. The summed E-state index contributed by atoms with van der Waals surface area (Å²) in [7, 11) is 0. The lowest BCUT2D eigenvalue weighted by atomic mass is 10.2. The number of rotatable bonds is 2. The molecule has 0 saturated carbocycles. The van der Waals surface area contributed by atoms with Crippen LogP contribution in [-0.2, 0) is 6.54 Å². The molecule has 2 aromatic rings. The molecule has 86 valence electrons. The molecule has 0 saturated heterocycles. The van der Waals surface area contributed by atoms with Gasteiger partial charge in [0.15, 0.2) is 0 Å². The normalized spacial score (nSPS) is 10.0. The summed E-state index contributed by atoms with van der Waals surface area (Å²) in [6.07, 6.45) is 2.24. The van der Waals surface area contributed by atoms with Crippen LogP contribution in [0.1, 0.15) is 13.3 Å². The number of hydrogen-bond acceptors (Lipinski definition) is 2. The number of nitrogens with zero attached hydrogens (tertiary/aromatic N) is 2. The van der Waals surface area contributed by atoms with E-state index in [1.807, 2.05) is 12.1 Å². The number of halogens is 1. The van der Waals surface area contributed by atoms with E-state index in [1.165, 1.54) is 0 Å². The van der Waals surface area contributed by atoms with E-state index in [1.54, 1.807) is 23.9 Å². The van der Waals surface area contributed by atoms with Gasteiger partial charge in [-0.3, -0.25) is 9.36 Å². The SMILES string of the molecule is CC#CCCn1cnc2cc(Br)ccc2c1=O. The maximum Gasteiger partial charge on any atom is 0.261 e. The van der Waals surface area contributed by atoms with Crippen molar-refractivity contribution in [3.8, 4) is 11.8 Å². The zero-order valence-electron chi connectivity index (χ0n) is 9.40. The van der Waals surface area contributed by atoms with Crippen molar-refractivity contribution in [3.05, 3.63) is 39.4 Å². The Balaban J connectivity index is 2.46. The van der Waals surface area contributed by atoms with Crippen LogP contribution < -0.4 is 5.56 Å². The summed E-state index contributed by atoms with van der Waals surface area (Å²) in [6, 6.07) is 5.48. The van der Waals surface area contributed by atoms with Crippen LogP contribution in [0.25, 0.3) is 10.9 Å². The van der Waals surface area contributed by atoms with Crippen LogP contribution in [0.2, 0.25) is 0 Å². The third-order valence-electron chi connectivity index (χ3n) is 2.44. The lowest BCUT2D eigenvalue weighted by Crippen LogP contribution is -2.20. The molecular formula is C13H11BrN2O. The zero-order chi connectivity index (χ0) is 12.3. The maximum atomic E-state index is 12.1. The summed E-state index contributed by atoms with van der Waals surface area (Å²) in [5, 5.41) is 0.639. The zero-order valence-corrected chi connectivity index (χ0v) is 11.0. The van der Waals surface area contributed by atoms with E-state index in [2.05, 4.69) is 32.8 Å². The predicted molar refractivity (Wildman–Crippen MR) is 71.8 cm³/mol. The topological polar surface area (TPSA) is 34.9 Å². The van der Waals surface area contributed by atoms with Crippen LogP contribution in [0.15, 0.2) is 33.8 Å². The van der Waals surface area contributed by atoms with Crippen LogP contribution in [-0.4, -0.2) is 9.55 Å². The molecule has 0 spiro atoms. The fourth-order valence-corrected chi connectivity index (χ4v) is 1.94. The Morgan fingerprint density at radius 2 is 2.29 bits per heavy atom. The van der Waals surface area contributed by atoms with Crippen molar-refractivity contribution >= 4 is 26.8 Å². The molecule has 2 rings (SSSR count). The van der Waals surface area contributed by atoms with Gasteiger partial charge in [-0.2, -0.15) is 0 Å². The molecule has 0 radical (unpaired) electrons. The highest BCUT2D eigenvalue weighted by Gasteiger charge is 2.03. The quantitative estimate of drug-likeness (QED) is 0.797. The van der Waals surface area contributed by atoms with Crippen LogP contribution in [0.3, 0.4) is 0 Å². The van der Waals surface area contributed by atoms with E-state index in [0.717, 1.165) is 4.47 Å². The Morgan fingerprint density at radius 3 is 3.06 bits per heavy atom. The van der Waals surface area contributed by atoms with Crippen molar-refractivity contribution in [2.24, 2.45) is 0 Å². The van der Waals surface area contributed by atoms with Gasteiger partial charge in [-0.25, -0.2) is 4.98 Å². The third kappa shape index (κ3) is 2.56. The standard InChI is InChI=1S/C13H11BrN2O/c1-2-3-4-7-16-9-15-12-8-10(14)5-6-11(12)13(16)17/h5-6,8-9H,4,7H2,1H3. The Hall–Kier alpha value is -1.60. The van der Waals surface area contributed by atoms with Gasteiger partial charge in [0.25, 0.3) is 5.56 Å². The second-order valence-electron chi connectivity index (χ2n) is 3.58. The third-order valence-corrected chi connectivity index (χ3v) is 2.93. The molecule has 3 nitrogen and oxygen atoms in total. The summed E-state index contributed by atoms with van der Waals surface area (Å²) in [6.45, 7) is 2.37. The first kappa shape index (κ1) is 11.9. The van der Waals surface area contributed by atoms with Crippen LogP contribution in [0, 0.1) is 11.8 Å². The van der Waals surface area contributed by atoms with Gasteiger partial charge in [0.05, 0.1) is 17.2 Å². The number of aromatic nitrogens is 2. The first-order valence-corrected chi connectivity index (χ1v) is 6.06. The predicted octanol–water partition coefficient (Wildman–Crippen LogP) is 2.57. The van der Waals surface area contributed by atoms with Crippen molar-refractivity contribution in [1.82, 2.24) is 9.55 Å². The Kier molecular flexibility index (Phi) is 3.60. The lowest BCUT2D eigenvalue weighted by Gasteiger charge is -2.04. The number of fused-ring (bicyclic) bond motifs is 1. The summed E-state index contributed by atoms with van der Waals surface area (Å²) in [4.78, 5) is 16.4. The van der Waals surface area contributed by atoms with Gasteiger partial charge < -0.3 is 0 Å². The van der Waals surface area contributed by atoms with Gasteiger partial charge >= 0.3 is 0 Å². The molecule has 0 aliphatic rings. The highest BCUT2D eigenvalue weighted by Crippen LogP contribution is 2.14. The minimum atomic E-state index is -0.0135. The summed E-state index contributed by atoms with van der Waals surface area (Å²) in [5.41, 5.74) is 0.697. The molecule has 0 bridgehead atoms. The van der Waals surface area contributed by atoms with Crippen LogP contribution >= 0.6 is 15.9 Å². The molecule has 0 aliphatic heterocycles. The highest BCUT2D eigenvalue weighted by molar-refractivity contribution is 9.10. The lowest BCUT2D eigenvalue weighted by molar-refractivity contribution is 0.681. The summed E-state index contributed by atoms with van der Waals surface area (Å²) >= 11 is 3.36. The van der Waals surface area contributed by atoms with Gasteiger partial charge in [-0.05, 0) is 25.1 Å². The molecule has 0 amide bonds. The molecular weight excluding hydrogens is 280 g/mol. The van der Waals surface area contributed by atoms with Gasteiger partial charge in [0.2, 0.25) is 0 Å². The van der Waals surface area contributed by atoms with Crippen LogP contribution in [0.4, 0.5) is 0 Å². The molecule has 0 atom stereocenters. The average molecular weight is 291 g/mol. The second-order valence-corrected chi connectivity index (χ2v) is 4.50. The smallest absolute Gasteiger partial charge is 0.261 e. The van der Waals surface area contributed by atoms with Crippen molar-refractivity contribution in [1.29, 1.82) is 0 Å². The van der Waals surface area contributed by atoms with Crippen molar-refractivity contribution in [3.63, 3.8) is 0 Å². The minimum absolute atomic E-state index is 0.0135. The first-order valence-electron chi connectivity index (χ1n) is 5.26. The minimum Gasteiger partial charge on any atom is -0.298 e. The molecule has 1 aromatic carbocycles. The monoisotopic (exact) mass is 290 g/mol. The Labute approximate surface area is 108 Å². The van der Waals surface area contributed by atoms with Gasteiger partial charge in [0.1, 0.15) is 0 Å². The highest BCUT2D eigenvalue weighted by atomic mass is 79.9. The van der Waals surface area contributed by atoms with E-state index in [-0.39, 0.29) is 5.56 Å². The summed E-state index contributed by atoms with van der Waals surface area (Å²) < 4.78 is 2.52. The van der Waals surface area contributed by atoms with Crippen molar-refractivity contribution in [2.75, 3.05) is 0 Å². The van der Waals surface area contributed by atoms with E-state index in [9.17, 15) is 4.79 Å². The van der Waals surface area contributed by atoms with Gasteiger partial charge in [0, 0.05) is 17.4 Å². The van der Waals surface area contributed by atoms with Crippen LogP contribution in [0.5, 0.6) is 0 Å². The summed E-state index contributed by atoms with van der Waals surface area (Å²) in [5.74, 6) is 5.75. The fraction of sp³-hybridized carbons (Fsp3) is 0.231. The first-order chi connectivity index (χ1) is 8.22. The molecule has 4 heteroatoms. The molecule has 1 heterocycles. The molecule has 0 aliphatic carbocycles. The molecule has 0 N–H and O–H groups in total. The van der Waals surface area contributed by atoms with Gasteiger partial charge in [-0.1, -0.05) is 15.9 Å². The van der Waals surface area contributed by atoms with E-state index in [0.29, 0.717) is 23.9 Å². The van der Waals surface area contributed by atoms with E-state index < -0.39 is 0 Å². The molecule has 0 fully saturated rings. The fourth-order valence-electron chi connectivity index (χ4n) is 1.59. The largest absolute Gasteiger partial charge is 0.298 e. The number of hydrogen-bond donors (Lipinski definition) is 0. The Morgan fingerprint density at radius 1 is 1.47 bits per heavy atom. The van der Waals surface area contributed by atoms with Crippen molar-refractivity contribution < 1.29 is 0 Å². The maximum absolute atomic E-state index is 12.1. The van der Waals surface area contributed by atoms with E-state index >= 15 is 0 Å². The molecule has 0 unspecified atom stereocenters. The Bertz CT molecular complexity index is 664. The van der Waals surface area contributed by atoms with Gasteiger partial charge in [-0.15, -0.1) is 11.8 Å².